The molecular formula is C9H20ClNO2S. The second-order valence-electron chi connectivity index (χ2n) is 3.42. The van der Waals surface area contributed by atoms with Crippen molar-refractivity contribution in [2.75, 3.05) is 23.9 Å². The third kappa shape index (κ3) is 7.59. The van der Waals surface area contributed by atoms with E-state index in [0.29, 0.717) is 18.5 Å². The Morgan fingerprint density at radius 3 is 2.57 bits per heavy atom. The summed E-state index contributed by atoms with van der Waals surface area (Å²) in [5, 5.41) is 3.17. The van der Waals surface area contributed by atoms with Crippen molar-refractivity contribution in [3.05, 3.63) is 0 Å². The Morgan fingerprint density at radius 2 is 2.07 bits per heavy atom. The smallest absolute Gasteiger partial charge is 0.151 e. The molecule has 0 bridgehead atoms. The quantitative estimate of drug-likeness (QED) is 0.654. The molecule has 1 atom stereocenters. The zero-order valence-electron chi connectivity index (χ0n) is 8.92. The summed E-state index contributed by atoms with van der Waals surface area (Å²) in [5.41, 5.74) is 0. The molecule has 0 aliphatic carbocycles. The van der Waals surface area contributed by atoms with E-state index in [1.807, 2.05) is 6.92 Å². The van der Waals surface area contributed by atoms with Crippen LogP contribution in [0.2, 0.25) is 0 Å². The van der Waals surface area contributed by atoms with Gasteiger partial charge < -0.3 is 5.32 Å². The molecule has 86 valence electrons. The van der Waals surface area contributed by atoms with Gasteiger partial charge in [-0.1, -0.05) is 6.92 Å². The topological polar surface area (TPSA) is 46.2 Å². The van der Waals surface area contributed by atoms with Crippen LogP contribution >= 0.6 is 11.6 Å². The molecule has 0 heterocycles. The average Bonchev–Trinajstić information content (AvgIpc) is 2.14. The molecule has 0 aromatic heterocycles. The van der Waals surface area contributed by atoms with E-state index in [4.69, 9.17) is 11.6 Å². The van der Waals surface area contributed by atoms with Crippen molar-refractivity contribution < 1.29 is 8.42 Å². The molecule has 0 amide bonds. The lowest BCUT2D eigenvalue weighted by Crippen LogP contribution is -2.31. The minimum atomic E-state index is -2.82. The van der Waals surface area contributed by atoms with Gasteiger partial charge >= 0.3 is 0 Å². The van der Waals surface area contributed by atoms with E-state index in [1.165, 1.54) is 0 Å². The first-order chi connectivity index (χ1) is 6.52. The molecule has 3 nitrogen and oxygen atoms in total. The molecule has 0 rings (SSSR count). The van der Waals surface area contributed by atoms with Gasteiger partial charge in [0, 0.05) is 24.2 Å². The molecule has 0 saturated carbocycles. The van der Waals surface area contributed by atoms with E-state index in [0.717, 1.165) is 12.8 Å². The molecule has 14 heavy (non-hydrogen) atoms. The molecule has 0 aliphatic heterocycles. The Hall–Kier alpha value is 0.200. The fraction of sp³-hybridized carbons (Fsp3) is 1.00. The van der Waals surface area contributed by atoms with Crippen LogP contribution in [0.4, 0.5) is 0 Å². The summed E-state index contributed by atoms with van der Waals surface area (Å²) in [5.74, 6) is 1.12. The predicted octanol–water partition coefficient (Wildman–Crippen LogP) is 1.42. The van der Waals surface area contributed by atoms with E-state index in [-0.39, 0.29) is 11.5 Å². The highest BCUT2D eigenvalue weighted by Gasteiger charge is 2.07. The summed E-state index contributed by atoms with van der Waals surface area (Å²) in [6, 6.07) is 0.348. The van der Waals surface area contributed by atoms with Crippen molar-refractivity contribution in [1.82, 2.24) is 5.32 Å². The first-order valence-electron chi connectivity index (χ1n) is 5.01. The summed E-state index contributed by atoms with van der Waals surface area (Å²) in [6.07, 6.45) is 1.96. The van der Waals surface area contributed by atoms with Crippen LogP contribution in [0, 0.1) is 0 Å². The highest BCUT2D eigenvalue weighted by Crippen LogP contribution is 1.97. The molecule has 1 unspecified atom stereocenters. The van der Waals surface area contributed by atoms with Crippen molar-refractivity contribution in [2.24, 2.45) is 0 Å². The van der Waals surface area contributed by atoms with Crippen molar-refractivity contribution >= 4 is 21.4 Å². The number of sulfone groups is 1. The molecule has 0 radical (unpaired) electrons. The van der Waals surface area contributed by atoms with E-state index in [1.54, 1.807) is 6.92 Å². The maximum atomic E-state index is 11.1. The van der Waals surface area contributed by atoms with Gasteiger partial charge in [0.05, 0.1) is 5.75 Å². The van der Waals surface area contributed by atoms with Crippen LogP contribution in [-0.2, 0) is 9.84 Å². The van der Waals surface area contributed by atoms with Crippen LogP contribution in [0.15, 0.2) is 0 Å². The molecule has 0 aromatic carbocycles. The lowest BCUT2D eigenvalue weighted by Gasteiger charge is -2.12. The SMILES string of the molecule is CCS(=O)(=O)CCNC(C)CCCCl. The number of halogens is 1. The standard InChI is InChI=1S/C9H20ClNO2S/c1-3-14(12,13)8-7-11-9(2)5-4-6-10/h9,11H,3-8H2,1-2H3. The molecular weight excluding hydrogens is 222 g/mol. The Balaban J connectivity index is 3.54. The maximum absolute atomic E-state index is 11.1. The molecule has 0 aromatic rings. The average molecular weight is 242 g/mol. The van der Waals surface area contributed by atoms with Gasteiger partial charge in [-0.05, 0) is 19.8 Å². The van der Waals surface area contributed by atoms with Gasteiger partial charge in [0.2, 0.25) is 0 Å². The van der Waals surface area contributed by atoms with Gasteiger partial charge in [0.15, 0.2) is 9.84 Å². The van der Waals surface area contributed by atoms with Gasteiger partial charge in [0.1, 0.15) is 0 Å². The van der Waals surface area contributed by atoms with Crippen molar-refractivity contribution in [3.63, 3.8) is 0 Å². The number of nitrogens with one attached hydrogen (secondary N) is 1. The summed E-state index contributed by atoms with van der Waals surface area (Å²) >= 11 is 5.55. The fourth-order valence-electron chi connectivity index (χ4n) is 1.09. The Bertz CT molecular complexity index is 229. The number of hydrogen-bond donors (Lipinski definition) is 1. The molecule has 0 fully saturated rings. The second kappa shape index (κ2) is 7.49. The summed E-state index contributed by atoms with van der Waals surface area (Å²) in [7, 11) is -2.82. The van der Waals surface area contributed by atoms with E-state index in [2.05, 4.69) is 5.32 Å². The van der Waals surface area contributed by atoms with Crippen LogP contribution in [0.1, 0.15) is 26.7 Å². The van der Waals surface area contributed by atoms with Crippen LogP contribution in [-0.4, -0.2) is 38.4 Å². The minimum Gasteiger partial charge on any atom is -0.313 e. The lowest BCUT2D eigenvalue weighted by molar-refractivity contribution is 0.522. The summed E-state index contributed by atoms with van der Waals surface area (Å²) in [6.45, 7) is 4.26. The maximum Gasteiger partial charge on any atom is 0.151 e. The van der Waals surface area contributed by atoms with Crippen LogP contribution in [0.5, 0.6) is 0 Å². The number of hydrogen-bond acceptors (Lipinski definition) is 3. The molecule has 5 heteroatoms. The normalized spacial score (nSPS) is 14.2. The summed E-state index contributed by atoms with van der Waals surface area (Å²) < 4.78 is 22.3. The first kappa shape index (κ1) is 14.2. The fourth-order valence-corrected chi connectivity index (χ4v) is 1.96. The van der Waals surface area contributed by atoms with Gasteiger partial charge in [-0.15, -0.1) is 11.6 Å². The predicted molar refractivity (Wildman–Crippen MR) is 61.7 cm³/mol. The monoisotopic (exact) mass is 241 g/mol. The second-order valence-corrected chi connectivity index (χ2v) is 6.27. The van der Waals surface area contributed by atoms with Gasteiger partial charge in [-0.2, -0.15) is 0 Å². The molecule has 0 saturated heterocycles. The number of alkyl halides is 1. The van der Waals surface area contributed by atoms with Crippen LogP contribution in [0.3, 0.4) is 0 Å². The first-order valence-corrected chi connectivity index (χ1v) is 7.37. The third-order valence-electron chi connectivity index (χ3n) is 2.12. The van der Waals surface area contributed by atoms with Gasteiger partial charge in [0.25, 0.3) is 0 Å². The molecule has 1 N–H and O–H groups in total. The zero-order chi connectivity index (χ0) is 11.0. The largest absolute Gasteiger partial charge is 0.313 e. The van der Waals surface area contributed by atoms with Crippen molar-refractivity contribution in [3.8, 4) is 0 Å². The van der Waals surface area contributed by atoms with E-state index in [9.17, 15) is 8.42 Å². The van der Waals surface area contributed by atoms with E-state index >= 15 is 0 Å². The highest BCUT2D eigenvalue weighted by atomic mass is 35.5. The zero-order valence-corrected chi connectivity index (χ0v) is 10.5. The van der Waals surface area contributed by atoms with Crippen LogP contribution < -0.4 is 5.32 Å². The molecule has 0 aliphatic rings. The minimum absolute atomic E-state index is 0.227. The summed E-state index contributed by atoms with van der Waals surface area (Å²) in [4.78, 5) is 0. The Kier molecular flexibility index (Phi) is 7.59. The molecule has 0 spiro atoms. The van der Waals surface area contributed by atoms with E-state index < -0.39 is 9.84 Å². The van der Waals surface area contributed by atoms with Crippen molar-refractivity contribution in [1.29, 1.82) is 0 Å². The third-order valence-corrected chi connectivity index (χ3v) is 4.09. The Labute approximate surface area is 92.1 Å². The Morgan fingerprint density at radius 1 is 1.43 bits per heavy atom. The van der Waals surface area contributed by atoms with Gasteiger partial charge in [-0.25, -0.2) is 8.42 Å². The van der Waals surface area contributed by atoms with Gasteiger partial charge in [-0.3, -0.25) is 0 Å². The van der Waals surface area contributed by atoms with Crippen LogP contribution in [0.25, 0.3) is 0 Å². The lowest BCUT2D eigenvalue weighted by atomic mass is 10.2. The van der Waals surface area contributed by atoms with Crippen molar-refractivity contribution in [2.45, 2.75) is 32.7 Å². The highest BCUT2D eigenvalue weighted by molar-refractivity contribution is 7.91. The number of rotatable bonds is 8.